The maximum atomic E-state index is 6.02. The highest BCUT2D eigenvalue weighted by Crippen LogP contribution is 2.29. The Hall–Kier alpha value is -3.17. The van der Waals surface area contributed by atoms with Crippen LogP contribution in [0.1, 0.15) is 5.69 Å². The fraction of sp³-hybridized carbons (Fsp3) is 0.0435. The Kier molecular flexibility index (Phi) is 4.61. The van der Waals surface area contributed by atoms with E-state index in [4.69, 9.17) is 22.3 Å². The van der Waals surface area contributed by atoms with Crippen LogP contribution < -0.4 is 5.73 Å². The van der Waals surface area contributed by atoms with Crippen molar-refractivity contribution in [2.75, 3.05) is 5.73 Å². The summed E-state index contributed by atoms with van der Waals surface area (Å²) in [6.07, 6.45) is 1.79. The van der Waals surface area contributed by atoms with Crippen LogP contribution in [-0.2, 0) is 0 Å². The first kappa shape index (κ1) is 17.3. The lowest BCUT2D eigenvalue weighted by Crippen LogP contribution is -1.91. The van der Waals surface area contributed by atoms with Crippen LogP contribution in [0, 0.1) is 6.92 Å². The van der Waals surface area contributed by atoms with Gasteiger partial charge in [-0.3, -0.25) is 4.98 Å². The maximum Gasteiger partial charge on any atom is 0.123 e. The van der Waals surface area contributed by atoms with Crippen molar-refractivity contribution in [2.45, 2.75) is 6.92 Å². The van der Waals surface area contributed by atoms with E-state index in [0.717, 1.165) is 44.2 Å². The summed E-state index contributed by atoms with van der Waals surface area (Å²) in [5.41, 5.74) is 13.0. The number of aryl methyl sites for hydroxylation is 1. The van der Waals surface area contributed by atoms with E-state index < -0.39 is 0 Å². The predicted molar refractivity (Wildman–Crippen MR) is 112 cm³/mol. The van der Waals surface area contributed by atoms with Gasteiger partial charge in [0.05, 0.1) is 5.69 Å². The summed E-state index contributed by atoms with van der Waals surface area (Å²) >= 11 is 6.02. The van der Waals surface area contributed by atoms with Crippen molar-refractivity contribution < 1.29 is 0 Å². The Bertz CT molecular complexity index is 1090. The molecule has 2 aromatic heterocycles. The van der Waals surface area contributed by atoms with Gasteiger partial charge in [-0.1, -0.05) is 41.9 Å². The number of nitrogens with zero attached hydrogens (tertiary/aromatic N) is 2. The van der Waals surface area contributed by atoms with Crippen molar-refractivity contribution in [1.82, 2.24) is 9.97 Å². The van der Waals surface area contributed by atoms with Crippen LogP contribution in [0.4, 0.5) is 5.82 Å². The van der Waals surface area contributed by atoms with E-state index in [1.165, 1.54) is 0 Å². The molecule has 4 aromatic rings. The molecule has 0 spiro atoms. The minimum Gasteiger partial charge on any atom is -0.384 e. The number of rotatable bonds is 3. The van der Waals surface area contributed by atoms with Gasteiger partial charge in [-0.05, 0) is 66.1 Å². The second-order valence-electron chi connectivity index (χ2n) is 6.44. The van der Waals surface area contributed by atoms with Gasteiger partial charge in [0.25, 0.3) is 0 Å². The summed E-state index contributed by atoms with van der Waals surface area (Å²) in [5, 5.41) is 0.731. The molecule has 0 aliphatic carbocycles. The summed E-state index contributed by atoms with van der Waals surface area (Å²) in [6.45, 7) is 2.01. The molecule has 0 fully saturated rings. The highest BCUT2D eigenvalue weighted by Gasteiger charge is 2.07. The molecule has 0 saturated heterocycles. The molecule has 0 bridgehead atoms. The zero-order valence-corrected chi connectivity index (χ0v) is 15.6. The fourth-order valence-corrected chi connectivity index (χ4v) is 3.19. The van der Waals surface area contributed by atoms with Gasteiger partial charge in [0.15, 0.2) is 0 Å². The minimum absolute atomic E-state index is 0.517. The number of hydrogen-bond acceptors (Lipinski definition) is 3. The summed E-state index contributed by atoms with van der Waals surface area (Å²) in [7, 11) is 0. The standard InChI is InChI=1S/C23H18ClN3/c1-15-11-20(16-5-8-21(24)9-6-16)13-22(27-15)18-4-2-3-17(12-18)19-7-10-23(25)26-14-19/h2-14H,1H3,(H2,25,26). The van der Waals surface area contributed by atoms with E-state index in [2.05, 4.69) is 35.3 Å². The van der Waals surface area contributed by atoms with E-state index >= 15 is 0 Å². The first-order chi connectivity index (χ1) is 13.1. The van der Waals surface area contributed by atoms with E-state index in [1.54, 1.807) is 6.20 Å². The number of hydrogen-bond donors (Lipinski definition) is 1. The van der Waals surface area contributed by atoms with Crippen molar-refractivity contribution in [1.29, 1.82) is 0 Å². The normalized spacial score (nSPS) is 10.7. The molecular weight excluding hydrogens is 354 g/mol. The number of pyridine rings is 2. The number of benzene rings is 2. The SMILES string of the molecule is Cc1cc(-c2ccc(Cl)cc2)cc(-c2cccc(-c3ccc(N)nc3)c2)n1. The van der Waals surface area contributed by atoms with Crippen molar-refractivity contribution in [2.24, 2.45) is 0 Å². The maximum absolute atomic E-state index is 6.02. The molecule has 2 aromatic carbocycles. The van der Waals surface area contributed by atoms with Gasteiger partial charge in [-0.25, -0.2) is 4.98 Å². The quantitative estimate of drug-likeness (QED) is 0.479. The van der Waals surface area contributed by atoms with Crippen LogP contribution in [-0.4, -0.2) is 9.97 Å². The Balaban J connectivity index is 1.76. The second-order valence-corrected chi connectivity index (χ2v) is 6.88. The third-order valence-corrected chi connectivity index (χ3v) is 4.66. The number of aromatic nitrogens is 2. The molecule has 0 radical (unpaired) electrons. The molecule has 3 nitrogen and oxygen atoms in total. The van der Waals surface area contributed by atoms with Crippen molar-refractivity contribution in [3.63, 3.8) is 0 Å². The predicted octanol–water partition coefficient (Wildman–Crippen LogP) is 6.02. The molecule has 2 N–H and O–H groups in total. The number of halogens is 1. The molecular formula is C23H18ClN3. The van der Waals surface area contributed by atoms with Gasteiger partial charge < -0.3 is 5.73 Å². The molecule has 27 heavy (non-hydrogen) atoms. The topological polar surface area (TPSA) is 51.8 Å². The van der Waals surface area contributed by atoms with E-state index in [1.807, 2.05) is 49.4 Å². The molecule has 132 valence electrons. The molecule has 2 heterocycles. The zero-order chi connectivity index (χ0) is 18.8. The summed E-state index contributed by atoms with van der Waals surface area (Å²) < 4.78 is 0. The first-order valence-electron chi connectivity index (χ1n) is 8.65. The van der Waals surface area contributed by atoms with Crippen molar-refractivity contribution >= 4 is 17.4 Å². The van der Waals surface area contributed by atoms with E-state index in [9.17, 15) is 0 Å². The molecule has 0 atom stereocenters. The van der Waals surface area contributed by atoms with Gasteiger partial charge >= 0.3 is 0 Å². The zero-order valence-electron chi connectivity index (χ0n) is 14.9. The Morgan fingerprint density at radius 3 is 2.22 bits per heavy atom. The highest BCUT2D eigenvalue weighted by molar-refractivity contribution is 6.30. The monoisotopic (exact) mass is 371 g/mol. The lowest BCUT2D eigenvalue weighted by atomic mass is 9.99. The molecule has 0 unspecified atom stereocenters. The Morgan fingerprint density at radius 1 is 0.741 bits per heavy atom. The Morgan fingerprint density at radius 2 is 1.48 bits per heavy atom. The van der Waals surface area contributed by atoms with Gasteiger partial charge in [0, 0.05) is 28.0 Å². The molecule has 0 saturated carbocycles. The van der Waals surface area contributed by atoms with Gasteiger partial charge in [0.2, 0.25) is 0 Å². The summed E-state index contributed by atoms with van der Waals surface area (Å²) in [6, 6.07) is 24.1. The largest absolute Gasteiger partial charge is 0.384 e. The number of nitrogen functional groups attached to an aromatic ring is 1. The molecule has 4 heteroatoms. The van der Waals surface area contributed by atoms with Crippen LogP contribution in [0.15, 0.2) is 79.0 Å². The molecule has 4 rings (SSSR count). The second kappa shape index (κ2) is 7.22. The van der Waals surface area contributed by atoms with Crippen molar-refractivity contribution in [3.8, 4) is 33.5 Å². The number of anilines is 1. The lowest BCUT2D eigenvalue weighted by Gasteiger charge is -2.09. The summed E-state index contributed by atoms with van der Waals surface area (Å²) in [5.74, 6) is 0.517. The van der Waals surface area contributed by atoms with Gasteiger partial charge in [-0.15, -0.1) is 0 Å². The number of nitrogens with two attached hydrogens (primary N) is 1. The van der Waals surface area contributed by atoms with Crippen molar-refractivity contribution in [3.05, 3.63) is 89.7 Å². The smallest absolute Gasteiger partial charge is 0.123 e. The van der Waals surface area contributed by atoms with Crippen LogP contribution >= 0.6 is 11.6 Å². The van der Waals surface area contributed by atoms with Crippen LogP contribution in [0.3, 0.4) is 0 Å². The fourth-order valence-electron chi connectivity index (χ4n) is 3.06. The minimum atomic E-state index is 0.517. The summed E-state index contributed by atoms with van der Waals surface area (Å²) in [4.78, 5) is 8.92. The Labute approximate surface area is 163 Å². The van der Waals surface area contributed by atoms with Gasteiger partial charge in [0.1, 0.15) is 5.82 Å². The van der Waals surface area contributed by atoms with Gasteiger partial charge in [-0.2, -0.15) is 0 Å². The van der Waals surface area contributed by atoms with Crippen LogP contribution in [0.2, 0.25) is 5.02 Å². The molecule has 0 aliphatic heterocycles. The van der Waals surface area contributed by atoms with E-state index in [-0.39, 0.29) is 0 Å². The van der Waals surface area contributed by atoms with E-state index in [0.29, 0.717) is 5.82 Å². The molecule has 0 aliphatic rings. The third kappa shape index (κ3) is 3.83. The molecule has 0 amide bonds. The average molecular weight is 372 g/mol. The van der Waals surface area contributed by atoms with Crippen LogP contribution in [0.25, 0.3) is 33.5 Å². The van der Waals surface area contributed by atoms with Crippen LogP contribution in [0.5, 0.6) is 0 Å². The highest BCUT2D eigenvalue weighted by atomic mass is 35.5. The average Bonchev–Trinajstić information content (AvgIpc) is 2.69. The third-order valence-electron chi connectivity index (χ3n) is 4.41. The first-order valence-corrected chi connectivity index (χ1v) is 9.03. The lowest BCUT2D eigenvalue weighted by molar-refractivity contribution is 1.21.